The Labute approximate surface area is 135 Å². The Balaban J connectivity index is 2.16. The number of carbonyl (C=O) groups is 2. The molecule has 0 aromatic heterocycles. The van der Waals surface area contributed by atoms with Crippen LogP contribution in [0.15, 0.2) is 42.5 Å². The van der Waals surface area contributed by atoms with Crippen molar-refractivity contribution in [1.29, 1.82) is 0 Å². The maximum atomic E-state index is 13.6. The number of carbonyl (C=O) groups excluding carboxylic acids is 1. The van der Waals surface area contributed by atoms with Crippen molar-refractivity contribution in [1.82, 2.24) is 5.32 Å². The fourth-order valence-corrected chi connectivity index (χ4v) is 2.22. The number of benzene rings is 2. The van der Waals surface area contributed by atoms with Gasteiger partial charge in [0.2, 0.25) is 0 Å². The van der Waals surface area contributed by atoms with Crippen molar-refractivity contribution < 1.29 is 23.5 Å². The first-order valence-electron chi connectivity index (χ1n) is 6.60. The number of halogens is 3. The first-order chi connectivity index (χ1) is 10.9. The molecule has 0 heterocycles. The molecule has 0 spiro atoms. The van der Waals surface area contributed by atoms with E-state index in [1.54, 1.807) is 24.3 Å². The predicted molar refractivity (Wildman–Crippen MR) is 80.4 cm³/mol. The zero-order valence-corrected chi connectivity index (χ0v) is 12.5. The Morgan fingerprint density at radius 3 is 2.52 bits per heavy atom. The lowest BCUT2D eigenvalue weighted by atomic mass is 10.1. The van der Waals surface area contributed by atoms with Crippen molar-refractivity contribution in [3.63, 3.8) is 0 Å². The molecule has 2 N–H and O–H groups in total. The zero-order valence-electron chi connectivity index (χ0n) is 11.7. The molecule has 4 nitrogen and oxygen atoms in total. The molecular formula is C16H12ClF2NO3. The molecule has 1 amide bonds. The lowest BCUT2D eigenvalue weighted by Crippen LogP contribution is -2.42. The van der Waals surface area contributed by atoms with Crippen LogP contribution in [0.4, 0.5) is 8.78 Å². The van der Waals surface area contributed by atoms with E-state index in [1.165, 1.54) is 0 Å². The van der Waals surface area contributed by atoms with Gasteiger partial charge < -0.3 is 10.4 Å². The van der Waals surface area contributed by atoms with Crippen molar-refractivity contribution >= 4 is 23.5 Å². The third-order valence-corrected chi connectivity index (χ3v) is 3.34. The minimum atomic E-state index is -1.28. The molecule has 2 aromatic rings. The van der Waals surface area contributed by atoms with E-state index >= 15 is 0 Å². The quantitative estimate of drug-likeness (QED) is 0.880. The summed E-state index contributed by atoms with van der Waals surface area (Å²) in [5.41, 5.74) is 0.175. The number of amides is 1. The van der Waals surface area contributed by atoms with E-state index in [4.69, 9.17) is 11.6 Å². The minimum Gasteiger partial charge on any atom is -0.480 e. The topological polar surface area (TPSA) is 66.4 Å². The summed E-state index contributed by atoms with van der Waals surface area (Å²) in [5, 5.41) is 11.9. The smallest absolute Gasteiger partial charge is 0.326 e. The van der Waals surface area contributed by atoms with Gasteiger partial charge in [0.1, 0.15) is 17.7 Å². The standard InChI is InChI=1S/C16H12ClF2NO3/c17-10-3-1-2-9(6-10)7-14(16(22)23)20-15(21)12-5-4-11(18)8-13(12)19/h1-6,8,14H,7H2,(H,20,21)(H,22,23)/t14-/m0/s1. The maximum absolute atomic E-state index is 13.6. The first kappa shape index (κ1) is 16.9. The lowest BCUT2D eigenvalue weighted by Gasteiger charge is -2.15. The monoisotopic (exact) mass is 339 g/mol. The van der Waals surface area contributed by atoms with E-state index in [9.17, 15) is 23.5 Å². The van der Waals surface area contributed by atoms with E-state index in [0.29, 0.717) is 16.7 Å². The molecule has 0 aliphatic heterocycles. The fourth-order valence-electron chi connectivity index (χ4n) is 2.01. The molecule has 0 bridgehead atoms. The summed E-state index contributed by atoms with van der Waals surface area (Å²) in [6.07, 6.45) is -0.0234. The summed E-state index contributed by atoms with van der Waals surface area (Å²) >= 11 is 5.83. The molecule has 0 unspecified atom stereocenters. The highest BCUT2D eigenvalue weighted by molar-refractivity contribution is 6.30. The van der Waals surface area contributed by atoms with Crippen LogP contribution >= 0.6 is 11.6 Å². The molecule has 2 aromatic carbocycles. The molecule has 2 rings (SSSR count). The minimum absolute atomic E-state index is 0.0234. The van der Waals surface area contributed by atoms with E-state index in [1.807, 2.05) is 0 Å². The second kappa shape index (κ2) is 7.19. The second-order valence-electron chi connectivity index (χ2n) is 4.82. The van der Waals surface area contributed by atoms with Crippen LogP contribution < -0.4 is 5.32 Å². The number of carboxylic acids is 1. The molecule has 0 radical (unpaired) electrons. The van der Waals surface area contributed by atoms with Gasteiger partial charge in [0, 0.05) is 17.5 Å². The van der Waals surface area contributed by atoms with Gasteiger partial charge in [0.25, 0.3) is 5.91 Å². The summed E-state index contributed by atoms with van der Waals surface area (Å²) < 4.78 is 26.4. The van der Waals surface area contributed by atoms with Gasteiger partial charge in [0.15, 0.2) is 0 Å². The second-order valence-corrected chi connectivity index (χ2v) is 5.26. The summed E-state index contributed by atoms with van der Waals surface area (Å²) in [7, 11) is 0. The highest BCUT2D eigenvalue weighted by Crippen LogP contribution is 2.14. The Morgan fingerprint density at radius 1 is 1.17 bits per heavy atom. The maximum Gasteiger partial charge on any atom is 0.326 e. The van der Waals surface area contributed by atoms with Gasteiger partial charge in [-0.15, -0.1) is 0 Å². The van der Waals surface area contributed by atoms with Crippen LogP contribution in [0.1, 0.15) is 15.9 Å². The van der Waals surface area contributed by atoms with Crippen LogP contribution in [0, 0.1) is 11.6 Å². The number of rotatable bonds is 5. The van der Waals surface area contributed by atoms with Gasteiger partial charge in [-0.1, -0.05) is 23.7 Å². The summed E-state index contributed by atoms with van der Waals surface area (Å²) in [5.74, 6) is -4.10. The number of nitrogens with one attached hydrogen (secondary N) is 1. The van der Waals surface area contributed by atoms with Crippen LogP contribution in [0.2, 0.25) is 5.02 Å². The fraction of sp³-hybridized carbons (Fsp3) is 0.125. The van der Waals surface area contributed by atoms with Crippen molar-refractivity contribution in [3.8, 4) is 0 Å². The molecule has 120 valence electrons. The molecular weight excluding hydrogens is 328 g/mol. The lowest BCUT2D eigenvalue weighted by molar-refractivity contribution is -0.139. The van der Waals surface area contributed by atoms with Crippen LogP contribution in [-0.2, 0) is 11.2 Å². The molecule has 0 aliphatic carbocycles. The molecule has 7 heteroatoms. The van der Waals surface area contributed by atoms with Crippen LogP contribution in [0.5, 0.6) is 0 Å². The van der Waals surface area contributed by atoms with Gasteiger partial charge in [-0.25, -0.2) is 13.6 Å². The van der Waals surface area contributed by atoms with E-state index in [2.05, 4.69) is 5.32 Å². The Morgan fingerprint density at radius 2 is 1.91 bits per heavy atom. The number of carboxylic acid groups (broad SMARTS) is 1. The SMILES string of the molecule is O=C(N[C@@H](Cc1cccc(Cl)c1)C(=O)O)c1ccc(F)cc1F. The summed E-state index contributed by atoms with van der Waals surface area (Å²) in [4.78, 5) is 23.3. The number of aliphatic carboxylic acids is 1. The normalized spacial score (nSPS) is 11.8. The zero-order chi connectivity index (χ0) is 17.0. The third kappa shape index (κ3) is 4.50. The highest BCUT2D eigenvalue weighted by Gasteiger charge is 2.23. The average molecular weight is 340 g/mol. The van der Waals surface area contributed by atoms with Crippen LogP contribution in [-0.4, -0.2) is 23.0 Å². The van der Waals surface area contributed by atoms with Gasteiger partial charge in [-0.3, -0.25) is 4.79 Å². The van der Waals surface area contributed by atoms with Gasteiger partial charge >= 0.3 is 5.97 Å². The highest BCUT2D eigenvalue weighted by atomic mass is 35.5. The predicted octanol–water partition coefficient (Wildman–Crippen LogP) is 3.04. The number of hydrogen-bond donors (Lipinski definition) is 2. The molecule has 0 saturated carbocycles. The average Bonchev–Trinajstić information content (AvgIpc) is 2.46. The van der Waals surface area contributed by atoms with Crippen molar-refractivity contribution in [2.24, 2.45) is 0 Å². The molecule has 1 atom stereocenters. The largest absolute Gasteiger partial charge is 0.480 e. The Kier molecular flexibility index (Phi) is 5.28. The first-order valence-corrected chi connectivity index (χ1v) is 6.98. The Hall–Kier alpha value is -2.47. The van der Waals surface area contributed by atoms with Gasteiger partial charge in [-0.2, -0.15) is 0 Å². The van der Waals surface area contributed by atoms with Crippen molar-refractivity contribution in [2.45, 2.75) is 12.5 Å². The van der Waals surface area contributed by atoms with E-state index in [-0.39, 0.29) is 6.42 Å². The summed E-state index contributed by atoms with van der Waals surface area (Å²) in [6, 6.07) is 7.68. The molecule has 0 fully saturated rings. The van der Waals surface area contributed by atoms with Gasteiger partial charge in [-0.05, 0) is 29.8 Å². The number of hydrogen-bond acceptors (Lipinski definition) is 2. The van der Waals surface area contributed by atoms with E-state index in [0.717, 1.165) is 12.1 Å². The van der Waals surface area contributed by atoms with E-state index < -0.39 is 35.1 Å². The Bertz CT molecular complexity index is 752. The van der Waals surface area contributed by atoms with Crippen LogP contribution in [0.3, 0.4) is 0 Å². The summed E-state index contributed by atoms with van der Waals surface area (Å²) in [6.45, 7) is 0. The van der Waals surface area contributed by atoms with Gasteiger partial charge in [0.05, 0.1) is 5.56 Å². The molecule has 0 aliphatic rings. The molecule has 23 heavy (non-hydrogen) atoms. The third-order valence-electron chi connectivity index (χ3n) is 3.11. The molecule has 0 saturated heterocycles. The van der Waals surface area contributed by atoms with Crippen molar-refractivity contribution in [2.75, 3.05) is 0 Å². The van der Waals surface area contributed by atoms with Crippen LogP contribution in [0.25, 0.3) is 0 Å². The van der Waals surface area contributed by atoms with Crippen molar-refractivity contribution in [3.05, 3.63) is 70.2 Å².